The molecule has 0 bridgehead atoms. The maximum atomic E-state index is 11.9. The van der Waals surface area contributed by atoms with Crippen molar-refractivity contribution in [2.45, 2.75) is 6.92 Å². The molecule has 1 heterocycles. The van der Waals surface area contributed by atoms with Crippen LogP contribution in [0.4, 0.5) is 5.69 Å². The second kappa shape index (κ2) is 8.00. The Labute approximate surface area is 138 Å². The number of carbonyl (C=O) groups is 3. The van der Waals surface area contributed by atoms with Gasteiger partial charge in [-0.1, -0.05) is 6.07 Å². The largest absolute Gasteiger partial charge is 0.493 e. The number of benzene rings is 1. The average molecular weight is 335 g/mol. The summed E-state index contributed by atoms with van der Waals surface area (Å²) in [5.74, 6) is -1.94. The van der Waals surface area contributed by atoms with E-state index in [1.807, 2.05) is 0 Å². The van der Waals surface area contributed by atoms with Gasteiger partial charge in [-0.3, -0.25) is 4.79 Å². The Morgan fingerprint density at radius 3 is 2.67 bits per heavy atom. The molecule has 0 radical (unpaired) electrons. The number of hydrogen-bond donors (Lipinski definition) is 1. The number of hydrogen-bond acceptors (Lipinski definition) is 7. The zero-order chi connectivity index (χ0) is 17.5. The number of aryl methyl sites for hydroxylation is 1. The van der Waals surface area contributed by atoms with Crippen molar-refractivity contribution in [3.8, 4) is 0 Å². The van der Waals surface area contributed by atoms with Gasteiger partial charge < -0.3 is 24.3 Å². The van der Waals surface area contributed by atoms with E-state index >= 15 is 0 Å². The number of carbonyl (C=O) groups excluding carboxylic acids is 3. The van der Waals surface area contributed by atoms with Gasteiger partial charge in [-0.05, 0) is 24.6 Å². The van der Waals surface area contributed by atoms with Gasteiger partial charge in [-0.15, -0.1) is 0 Å². The molecule has 128 valence electrons. The lowest BCUT2D eigenvalue weighted by Gasteiger charge is -2.14. The van der Waals surface area contributed by atoms with Gasteiger partial charge in [0.15, 0.2) is 6.61 Å². The zero-order valence-electron chi connectivity index (χ0n) is 13.3. The number of nitrogens with one attached hydrogen (secondary N) is 1. The summed E-state index contributed by atoms with van der Waals surface area (Å²) in [5.41, 5.74) is 1.47. The summed E-state index contributed by atoms with van der Waals surface area (Å²) in [6.45, 7) is 1.86. The minimum atomic E-state index is -0.787. The molecule has 0 saturated heterocycles. The van der Waals surface area contributed by atoms with Gasteiger partial charge in [-0.25, -0.2) is 9.59 Å². The SMILES string of the molecule is COC(=O)c1ccc(C)c(NC(=O)COC(=O)C2=COCCO2)c1. The first-order valence-electron chi connectivity index (χ1n) is 7.11. The zero-order valence-corrected chi connectivity index (χ0v) is 13.3. The Morgan fingerprint density at radius 2 is 2.00 bits per heavy atom. The molecule has 8 heteroatoms. The summed E-state index contributed by atoms with van der Waals surface area (Å²) in [5, 5.41) is 2.57. The topological polar surface area (TPSA) is 100 Å². The molecule has 1 aromatic carbocycles. The maximum absolute atomic E-state index is 11.9. The van der Waals surface area contributed by atoms with Crippen molar-refractivity contribution in [2.75, 3.05) is 32.2 Å². The van der Waals surface area contributed by atoms with Gasteiger partial charge >= 0.3 is 11.9 Å². The third kappa shape index (κ3) is 4.48. The van der Waals surface area contributed by atoms with E-state index in [0.717, 1.165) is 11.8 Å². The lowest BCUT2D eigenvalue weighted by atomic mass is 10.1. The molecule has 0 atom stereocenters. The van der Waals surface area contributed by atoms with Crippen molar-refractivity contribution in [1.29, 1.82) is 0 Å². The van der Waals surface area contributed by atoms with Crippen molar-refractivity contribution in [3.63, 3.8) is 0 Å². The monoisotopic (exact) mass is 335 g/mol. The molecular formula is C16H17NO7. The van der Waals surface area contributed by atoms with Crippen molar-refractivity contribution in [2.24, 2.45) is 0 Å². The number of anilines is 1. The predicted molar refractivity (Wildman–Crippen MR) is 82.1 cm³/mol. The minimum Gasteiger partial charge on any atom is -0.493 e. The summed E-state index contributed by atoms with van der Waals surface area (Å²) in [7, 11) is 1.27. The number of esters is 2. The molecule has 1 aromatic rings. The van der Waals surface area contributed by atoms with Crippen LogP contribution >= 0.6 is 0 Å². The van der Waals surface area contributed by atoms with Crippen LogP contribution in [0.2, 0.25) is 0 Å². The Kier molecular flexibility index (Phi) is 5.78. The molecule has 0 aromatic heterocycles. The molecule has 24 heavy (non-hydrogen) atoms. The summed E-state index contributed by atoms with van der Waals surface area (Å²) in [4.78, 5) is 35.1. The fourth-order valence-electron chi connectivity index (χ4n) is 1.87. The average Bonchev–Trinajstić information content (AvgIpc) is 2.61. The number of methoxy groups -OCH3 is 1. The normalized spacial score (nSPS) is 13.0. The van der Waals surface area contributed by atoms with Gasteiger partial charge in [0.2, 0.25) is 5.76 Å². The first-order valence-corrected chi connectivity index (χ1v) is 7.11. The highest BCUT2D eigenvalue weighted by Crippen LogP contribution is 2.17. The summed E-state index contributed by atoms with van der Waals surface area (Å²) in [6.07, 6.45) is 1.15. The molecule has 0 saturated carbocycles. The van der Waals surface area contributed by atoms with Crippen LogP contribution in [0.3, 0.4) is 0 Å². The summed E-state index contributed by atoms with van der Waals surface area (Å²) >= 11 is 0. The van der Waals surface area contributed by atoms with E-state index in [1.165, 1.54) is 13.2 Å². The van der Waals surface area contributed by atoms with Crippen molar-refractivity contribution >= 4 is 23.5 Å². The van der Waals surface area contributed by atoms with Crippen LogP contribution in [-0.4, -0.2) is 44.8 Å². The molecular weight excluding hydrogens is 318 g/mol. The van der Waals surface area contributed by atoms with Crippen molar-refractivity contribution in [1.82, 2.24) is 0 Å². The summed E-state index contributed by atoms with van der Waals surface area (Å²) in [6, 6.07) is 4.75. The van der Waals surface area contributed by atoms with E-state index in [-0.39, 0.29) is 12.4 Å². The fraction of sp³-hybridized carbons (Fsp3) is 0.312. The summed E-state index contributed by atoms with van der Waals surface area (Å²) < 4.78 is 19.4. The molecule has 0 unspecified atom stereocenters. The molecule has 1 N–H and O–H groups in total. The van der Waals surface area contributed by atoms with E-state index in [0.29, 0.717) is 17.9 Å². The van der Waals surface area contributed by atoms with E-state index in [1.54, 1.807) is 19.1 Å². The van der Waals surface area contributed by atoms with E-state index < -0.39 is 24.5 Å². The number of ether oxygens (including phenoxy) is 4. The standard InChI is InChI=1S/C16H17NO7/c1-10-3-4-11(15(19)21-2)7-12(10)17-14(18)9-24-16(20)13-8-22-5-6-23-13/h3-4,7-8H,5-6,9H2,1-2H3,(H,17,18). The Morgan fingerprint density at radius 1 is 1.21 bits per heavy atom. The molecule has 0 aliphatic carbocycles. The first kappa shape index (κ1) is 17.3. The van der Waals surface area contributed by atoms with E-state index in [4.69, 9.17) is 14.2 Å². The molecule has 1 aliphatic heterocycles. The van der Waals surface area contributed by atoms with Crippen LogP contribution in [0.15, 0.2) is 30.2 Å². The predicted octanol–water partition coefficient (Wildman–Crippen LogP) is 1.15. The first-order chi connectivity index (χ1) is 11.5. The van der Waals surface area contributed by atoms with Gasteiger partial charge in [0.25, 0.3) is 5.91 Å². The van der Waals surface area contributed by atoms with Crippen molar-refractivity contribution in [3.05, 3.63) is 41.3 Å². The van der Waals surface area contributed by atoms with E-state index in [2.05, 4.69) is 10.1 Å². The lowest BCUT2D eigenvalue weighted by Crippen LogP contribution is -2.24. The molecule has 2 rings (SSSR count). The highest BCUT2D eigenvalue weighted by Gasteiger charge is 2.18. The van der Waals surface area contributed by atoms with Crippen molar-refractivity contribution < 1.29 is 33.3 Å². The quantitative estimate of drug-likeness (QED) is 0.806. The molecule has 0 fully saturated rings. The Hall–Kier alpha value is -3.03. The maximum Gasteiger partial charge on any atom is 0.377 e. The van der Waals surface area contributed by atoms with Crippen LogP contribution in [0, 0.1) is 6.92 Å². The van der Waals surface area contributed by atoms with Crippen LogP contribution in [-0.2, 0) is 28.5 Å². The lowest BCUT2D eigenvalue weighted by molar-refractivity contribution is -0.148. The number of rotatable bonds is 5. The second-order valence-electron chi connectivity index (χ2n) is 4.85. The van der Waals surface area contributed by atoms with Gasteiger partial charge in [-0.2, -0.15) is 0 Å². The second-order valence-corrected chi connectivity index (χ2v) is 4.85. The van der Waals surface area contributed by atoms with Crippen LogP contribution in [0.5, 0.6) is 0 Å². The highest BCUT2D eigenvalue weighted by molar-refractivity contribution is 5.97. The van der Waals surface area contributed by atoms with Gasteiger partial charge in [0.05, 0.1) is 12.7 Å². The van der Waals surface area contributed by atoms with E-state index in [9.17, 15) is 14.4 Å². The molecule has 1 amide bonds. The smallest absolute Gasteiger partial charge is 0.377 e. The molecule has 8 nitrogen and oxygen atoms in total. The van der Waals surface area contributed by atoms with Crippen LogP contribution in [0.25, 0.3) is 0 Å². The van der Waals surface area contributed by atoms with Gasteiger partial charge in [0.1, 0.15) is 19.5 Å². The molecule has 0 spiro atoms. The Bertz CT molecular complexity index is 681. The van der Waals surface area contributed by atoms with Crippen LogP contribution in [0.1, 0.15) is 15.9 Å². The van der Waals surface area contributed by atoms with Gasteiger partial charge in [0, 0.05) is 5.69 Å². The third-order valence-electron chi connectivity index (χ3n) is 3.12. The van der Waals surface area contributed by atoms with Crippen LogP contribution < -0.4 is 5.32 Å². The highest BCUT2D eigenvalue weighted by atomic mass is 16.6. The minimum absolute atomic E-state index is 0.0853. The number of amides is 1. The fourth-order valence-corrected chi connectivity index (χ4v) is 1.87. The Balaban J connectivity index is 1.93. The third-order valence-corrected chi connectivity index (χ3v) is 3.12. The molecule has 1 aliphatic rings.